The highest BCUT2D eigenvalue weighted by Gasteiger charge is 2.19. The summed E-state index contributed by atoms with van der Waals surface area (Å²) in [6.45, 7) is 2.86. The number of nitrogens with zero attached hydrogens (tertiary/aromatic N) is 2. The first-order valence-electron chi connectivity index (χ1n) is 9.12. The number of likely N-dealkylation sites (N-methyl/N-ethyl adjacent to an activating group) is 1. The number of rotatable bonds is 7. The van der Waals surface area contributed by atoms with Gasteiger partial charge in [0.1, 0.15) is 12.3 Å². The number of nitrogens with one attached hydrogen (secondary N) is 1. The Morgan fingerprint density at radius 3 is 2.59 bits per heavy atom. The molecule has 1 N–H and O–H groups in total. The largest absolute Gasteiger partial charge is 0.496 e. The molecule has 0 spiro atoms. The molecule has 0 saturated heterocycles. The fourth-order valence-corrected chi connectivity index (χ4v) is 3.48. The van der Waals surface area contributed by atoms with Gasteiger partial charge >= 0.3 is 0 Å². The van der Waals surface area contributed by atoms with Gasteiger partial charge in [-0.25, -0.2) is 0 Å². The van der Waals surface area contributed by atoms with Crippen molar-refractivity contribution < 1.29 is 9.53 Å². The van der Waals surface area contributed by atoms with Crippen LogP contribution >= 0.6 is 0 Å². The molecule has 0 aliphatic heterocycles. The Bertz CT molecular complexity index is 930. The third kappa shape index (κ3) is 4.14. The molecule has 0 bridgehead atoms. The lowest BCUT2D eigenvalue weighted by Crippen LogP contribution is -2.36. The number of aryl methyl sites for hydroxylation is 1. The van der Waals surface area contributed by atoms with Gasteiger partial charge in [-0.05, 0) is 44.6 Å². The summed E-state index contributed by atoms with van der Waals surface area (Å²) in [5.74, 6) is 0.832. The maximum atomic E-state index is 12.6. The van der Waals surface area contributed by atoms with Crippen molar-refractivity contribution in [3.8, 4) is 5.75 Å². The van der Waals surface area contributed by atoms with Crippen LogP contribution in [-0.4, -0.2) is 43.1 Å². The summed E-state index contributed by atoms with van der Waals surface area (Å²) < 4.78 is 7.54. The Kier molecular flexibility index (Phi) is 5.81. The average Bonchev–Trinajstić information content (AvgIpc) is 2.97. The Balaban J connectivity index is 1.72. The Morgan fingerprint density at radius 1 is 1.15 bits per heavy atom. The Morgan fingerprint density at radius 2 is 1.85 bits per heavy atom. The van der Waals surface area contributed by atoms with Crippen molar-refractivity contribution in [1.29, 1.82) is 0 Å². The van der Waals surface area contributed by atoms with Gasteiger partial charge in [0.25, 0.3) is 0 Å². The third-order valence-electron chi connectivity index (χ3n) is 4.93. The first-order valence-corrected chi connectivity index (χ1v) is 9.12. The summed E-state index contributed by atoms with van der Waals surface area (Å²) in [6, 6.07) is 18.2. The number of para-hydroxylation sites is 2. The van der Waals surface area contributed by atoms with E-state index in [1.807, 2.05) is 63.5 Å². The van der Waals surface area contributed by atoms with Crippen molar-refractivity contribution in [2.24, 2.45) is 0 Å². The summed E-state index contributed by atoms with van der Waals surface area (Å²) in [6.07, 6.45) is 0. The maximum absolute atomic E-state index is 12.6. The van der Waals surface area contributed by atoms with E-state index >= 15 is 0 Å². The van der Waals surface area contributed by atoms with Crippen LogP contribution < -0.4 is 10.1 Å². The molecule has 1 amide bonds. The van der Waals surface area contributed by atoms with Crippen LogP contribution in [0.15, 0.2) is 54.6 Å². The van der Waals surface area contributed by atoms with Gasteiger partial charge in [-0.15, -0.1) is 0 Å². The normalized spacial score (nSPS) is 12.3. The van der Waals surface area contributed by atoms with E-state index < -0.39 is 0 Å². The van der Waals surface area contributed by atoms with Crippen molar-refractivity contribution in [2.45, 2.75) is 19.5 Å². The molecule has 2 aromatic carbocycles. The molecule has 0 unspecified atom stereocenters. The lowest BCUT2D eigenvalue weighted by Gasteiger charge is -2.26. The van der Waals surface area contributed by atoms with E-state index in [4.69, 9.17) is 4.74 Å². The monoisotopic (exact) mass is 365 g/mol. The smallest absolute Gasteiger partial charge is 0.240 e. The van der Waals surface area contributed by atoms with Crippen molar-refractivity contribution in [3.63, 3.8) is 0 Å². The molecule has 3 aromatic rings. The van der Waals surface area contributed by atoms with E-state index in [0.29, 0.717) is 13.1 Å². The third-order valence-corrected chi connectivity index (χ3v) is 4.93. The molecule has 5 heteroatoms. The fraction of sp³-hybridized carbons (Fsp3) is 0.318. The van der Waals surface area contributed by atoms with Crippen LogP contribution in [0.4, 0.5) is 0 Å². The molecule has 0 aliphatic carbocycles. The van der Waals surface area contributed by atoms with Crippen LogP contribution in [0.1, 0.15) is 17.3 Å². The van der Waals surface area contributed by atoms with Crippen LogP contribution in [0, 0.1) is 6.92 Å². The van der Waals surface area contributed by atoms with E-state index in [1.165, 1.54) is 0 Å². The van der Waals surface area contributed by atoms with Crippen LogP contribution in [-0.2, 0) is 11.3 Å². The van der Waals surface area contributed by atoms with Crippen LogP contribution in [0.3, 0.4) is 0 Å². The lowest BCUT2D eigenvalue weighted by atomic mass is 10.0. The number of hydrogen-bond donors (Lipinski definition) is 1. The summed E-state index contributed by atoms with van der Waals surface area (Å²) in [5, 5.41) is 4.24. The quantitative estimate of drug-likeness (QED) is 0.698. The van der Waals surface area contributed by atoms with E-state index in [1.54, 1.807) is 7.11 Å². The number of hydrogen-bond acceptors (Lipinski definition) is 3. The zero-order valence-electron chi connectivity index (χ0n) is 16.4. The molecular formula is C22H27N3O2. The zero-order chi connectivity index (χ0) is 19.4. The van der Waals surface area contributed by atoms with Crippen LogP contribution in [0.5, 0.6) is 5.75 Å². The van der Waals surface area contributed by atoms with Crippen LogP contribution in [0.25, 0.3) is 10.9 Å². The zero-order valence-corrected chi connectivity index (χ0v) is 16.4. The van der Waals surface area contributed by atoms with Gasteiger partial charge in [0, 0.05) is 23.3 Å². The number of ether oxygens (including phenoxy) is 1. The second-order valence-corrected chi connectivity index (χ2v) is 6.96. The number of aromatic nitrogens is 1. The average molecular weight is 365 g/mol. The van der Waals surface area contributed by atoms with Gasteiger partial charge in [0.2, 0.25) is 5.91 Å². The highest BCUT2D eigenvalue weighted by molar-refractivity contribution is 5.84. The first kappa shape index (κ1) is 19.0. The van der Waals surface area contributed by atoms with Crippen molar-refractivity contribution in [3.05, 3.63) is 65.9 Å². The highest BCUT2D eigenvalue weighted by Crippen LogP contribution is 2.27. The predicted molar refractivity (Wildman–Crippen MR) is 109 cm³/mol. The van der Waals surface area contributed by atoms with Crippen molar-refractivity contribution >= 4 is 16.8 Å². The minimum absolute atomic E-state index is 0.00111. The fourth-order valence-electron chi connectivity index (χ4n) is 3.48. The minimum Gasteiger partial charge on any atom is -0.496 e. The van der Waals surface area contributed by atoms with Gasteiger partial charge in [-0.1, -0.05) is 36.4 Å². The molecule has 3 rings (SSSR count). The molecule has 1 aromatic heterocycles. The number of fused-ring (bicyclic) bond motifs is 1. The van der Waals surface area contributed by atoms with Gasteiger partial charge in [0.15, 0.2) is 0 Å². The molecule has 0 fully saturated rings. The standard InChI is InChI=1S/C22H27N3O2/c1-16-13-17-9-5-7-11-19(17)25(16)15-22(26)23-14-20(24(2)3)18-10-6-8-12-21(18)27-4/h5-13,20H,14-15H2,1-4H3,(H,23,26)/t20-/m0/s1. The number of methoxy groups -OCH3 is 1. The number of carbonyl (C=O) groups excluding carboxylic acids is 1. The lowest BCUT2D eigenvalue weighted by molar-refractivity contribution is -0.121. The molecule has 0 saturated carbocycles. The Labute approximate surface area is 160 Å². The number of amides is 1. The summed E-state index contributed by atoms with van der Waals surface area (Å²) in [7, 11) is 5.68. The van der Waals surface area contributed by atoms with Gasteiger partial charge < -0.3 is 19.5 Å². The second kappa shape index (κ2) is 8.27. The predicted octanol–water partition coefficient (Wildman–Crippen LogP) is 3.38. The van der Waals surface area contributed by atoms with E-state index in [0.717, 1.165) is 27.9 Å². The molecule has 1 atom stereocenters. The second-order valence-electron chi connectivity index (χ2n) is 6.96. The Hall–Kier alpha value is -2.79. The topological polar surface area (TPSA) is 46.5 Å². The van der Waals surface area contributed by atoms with E-state index in [-0.39, 0.29) is 11.9 Å². The maximum Gasteiger partial charge on any atom is 0.240 e. The van der Waals surface area contributed by atoms with Crippen molar-refractivity contribution in [2.75, 3.05) is 27.7 Å². The number of carbonyl (C=O) groups is 1. The summed E-state index contributed by atoms with van der Waals surface area (Å²) in [4.78, 5) is 14.7. The SMILES string of the molecule is COc1ccccc1[C@H](CNC(=O)Cn1c(C)cc2ccccc21)N(C)C. The van der Waals surface area contributed by atoms with E-state index in [9.17, 15) is 4.79 Å². The molecule has 0 radical (unpaired) electrons. The van der Waals surface area contributed by atoms with E-state index in [2.05, 4.69) is 26.9 Å². The number of benzene rings is 2. The van der Waals surface area contributed by atoms with Crippen molar-refractivity contribution in [1.82, 2.24) is 14.8 Å². The minimum atomic E-state index is 0.00111. The molecule has 142 valence electrons. The highest BCUT2D eigenvalue weighted by atomic mass is 16.5. The molecule has 27 heavy (non-hydrogen) atoms. The van der Waals surface area contributed by atoms with Gasteiger partial charge in [-0.3, -0.25) is 4.79 Å². The summed E-state index contributed by atoms with van der Waals surface area (Å²) >= 11 is 0. The molecule has 1 heterocycles. The van der Waals surface area contributed by atoms with Gasteiger partial charge in [0.05, 0.1) is 13.2 Å². The molecule has 0 aliphatic rings. The molecule has 5 nitrogen and oxygen atoms in total. The summed E-state index contributed by atoms with van der Waals surface area (Å²) in [5.41, 5.74) is 3.23. The first-order chi connectivity index (χ1) is 13.0. The van der Waals surface area contributed by atoms with Crippen LogP contribution in [0.2, 0.25) is 0 Å². The molecular weight excluding hydrogens is 338 g/mol. The van der Waals surface area contributed by atoms with Gasteiger partial charge in [-0.2, -0.15) is 0 Å².